The van der Waals surface area contributed by atoms with Crippen LogP contribution in [-0.2, 0) is 9.53 Å². The highest BCUT2D eigenvalue weighted by molar-refractivity contribution is 5.95. The van der Waals surface area contributed by atoms with Crippen LogP contribution in [0.5, 0.6) is 0 Å². The number of carbonyl (C=O) groups is 3. The average molecular weight is 361 g/mol. The summed E-state index contributed by atoms with van der Waals surface area (Å²) in [4.78, 5) is 38.0. The number of nitrogens with zero attached hydrogens (tertiary/aromatic N) is 1. The van der Waals surface area contributed by atoms with Gasteiger partial charge in [-0.05, 0) is 52.7 Å². The van der Waals surface area contributed by atoms with Crippen LogP contribution in [0.3, 0.4) is 0 Å². The van der Waals surface area contributed by atoms with Gasteiger partial charge in [-0.25, -0.2) is 4.79 Å². The summed E-state index contributed by atoms with van der Waals surface area (Å²) in [6, 6.07) is 7.13. The number of hydrogen-bond acceptors (Lipinski definition) is 4. The van der Waals surface area contributed by atoms with Gasteiger partial charge in [0.2, 0.25) is 5.91 Å². The zero-order chi connectivity index (χ0) is 19.3. The first-order chi connectivity index (χ1) is 12.2. The third kappa shape index (κ3) is 5.75. The van der Waals surface area contributed by atoms with Gasteiger partial charge in [0.15, 0.2) is 0 Å². The molecule has 26 heavy (non-hydrogen) atoms. The van der Waals surface area contributed by atoms with Gasteiger partial charge in [-0.3, -0.25) is 20.4 Å². The number of likely N-dealkylation sites (tertiary alicyclic amines) is 1. The summed E-state index contributed by atoms with van der Waals surface area (Å²) in [5.41, 5.74) is 5.85. The second-order valence-electron chi connectivity index (χ2n) is 7.55. The Labute approximate surface area is 154 Å². The molecule has 1 saturated heterocycles. The van der Waals surface area contributed by atoms with E-state index in [2.05, 4.69) is 10.9 Å². The number of hydrazine groups is 1. The Morgan fingerprint density at radius 3 is 2.35 bits per heavy atom. The van der Waals surface area contributed by atoms with E-state index in [1.807, 2.05) is 33.8 Å². The van der Waals surface area contributed by atoms with Crippen LogP contribution in [-0.4, -0.2) is 41.5 Å². The molecular formula is C19H27N3O4. The fourth-order valence-corrected chi connectivity index (χ4v) is 2.73. The van der Waals surface area contributed by atoms with Crippen LogP contribution in [0.1, 0.15) is 49.5 Å². The molecule has 7 heteroatoms. The molecular weight excluding hydrogens is 334 g/mol. The summed E-state index contributed by atoms with van der Waals surface area (Å²) in [6.07, 6.45) is 0.709. The maximum Gasteiger partial charge on any atom is 0.410 e. The number of rotatable bonds is 2. The van der Waals surface area contributed by atoms with Gasteiger partial charge in [-0.15, -0.1) is 0 Å². The zero-order valence-corrected chi connectivity index (χ0v) is 15.8. The summed E-state index contributed by atoms with van der Waals surface area (Å²) < 4.78 is 5.34. The predicted molar refractivity (Wildman–Crippen MR) is 97.3 cm³/mol. The van der Waals surface area contributed by atoms with E-state index < -0.39 is 5.60 Å². The number of carbonyl (C=O) groups excluding carboxylic acids is 3. The van der Waals surface area contributed by atoms with Crippen molar-refractivity contribution in [1.82, 2.24) is 15.8 Å². The first kappa shape index (κ1) is 19.8. The molecule has 0 spiro atoms. The molecule has 2 rings (SSSR count). The van der Waals surface area contributed by atoms with Crippen molar-refractivity contribution in [1.29, 1.82) is 0 Å². The Balaban J connectivity index is 1.78. The third-order valence-electron chi connectivity index (χ3n) is 4.10. The molecule has 0 bridgehead atoms. The van der Waals surface area contributed by atoms with E-state index in [0.29, 0.717) is 31.5 Å². The second-order valence-corrected chi connectivity index (χ2v) is 7.55. The summed E-state index contributed by atoms with van der Waals surface area (Å²) in [5.74, 6) is -0.838. The molecule has 0 radical (unpaired) electrons. The Hall–Kier alpha value is -2.57. The van der Waals surface area contributed by atoms with Crippen molar-refractivity contribution in [2.75, 3.05) is 13.1 Å². The van der Waals surface area contributed by atoms with Gasteiger partial charge in [0.05, 0.1) is 0 Å². The second kappa shape index (κ2) is 8.21. The summed E-state index contributed by atoms with van der Waals surface area (Å²) in [5, 5.41) is 0. The molecule has 0 unspecified atom stereocenters. The van der Waals surface area contributed by atoms with E-state index in [1.165, 1.54) is 0 Å². The molecule has 1 heterocycles. The SMILES string of the molecule is Cc1cccc(C(=O)NNC(=O)C2CCN(C(=O)OC(C)(C)C)CC2)c1. The van der Waals surface area contributed by atoms with Crippen LogP contribution in [0, 0.1) is 12.8 Å². The lowest BCUT2D eigenvalue weighted by atomic mass is 9.96. The first-order valence-corrected chi connectivity index (χ1v) is 8.80. The van der Waals surface area contributed by atoms with Gasteiger partial charge >= 0.3 is 6.09 Å². The normalized spacial score (nSPS) is 15.3. The molecule has 0 saturated carbocycles. The number of amides is 3. The third-order valence-corrected chi connectivity index (χ3v) is 4.10. The molecule has 7 nitrogen and oxygen atoms in total. The standard InChI is InChI=1S/C19H27N3O4/c1-13-6-5-7-15(12-13)17(24)21-20-16(23)14-8-10-22(11-9-14)18(25)26-19(2,3)4/h5-7,12,14H,8-11H2,1-4H3,(H,20,23)(H,21,24). The maximum atomic E-state index is 12.2. The fourth-order valence-electron chi connectivity index (χ4n) is 2.73. The van der Waals surface area contributed by atoms with Crippen LogP contribution in [0.4, 0.5) is 4.79 Å². The van der Waals surface area contributed by atoms with Gasteiger partial charge < -0.3 is 9.64 Å². The zero-order valence-electron chi connectivity index (χ0n) is 15.8. The van der Waals surface area contributed by atoms with Crippen molar-refractivity contribution in [3.8, 4) is 0 Å². The van der Waals surface area contributed by atoms with Crippen molar-refractivity contribution in [2.45, 2.75) is 46.1 Å². The van der Waals surface area contributed by atoms with E-state index in [1.54, 1.807) is 23.1 Å². The monoisotopic (exact) mass is 361 g/mol. The van der Waals surface area contributed by atoms with E-state index in [0.717, 1.165) is 5.56 Å². The summed E-state index contributed by atoms with van der Waals surface area (Å²) in [6.45, 7) is 8.28. The lowest BCUT2D eigenvalue weighted by molar-refractivity contribution is -0.127. The summed E-state index contributed by atoms with van der Waals surface area (Å²) in [7, 11) is 0. The molecule has 1 aliphatic heterocycles. The quantitative estimate of drug-likeness (QED) is 0.792. The lowest BCUT2D eigenvalue weighted by Crippen LogP contribution is -2.48. The van der Waals surface area contributed by atoms with Crippen LogP contribution >= 0.6 is 0 Å². The minimum atomic E-state index is -0.536. The molecule has 142 valence electrons. The number of piperidine rings is 1. The first-order valence-electron chi connectivity index (χ1n) is 8.80. The maximum absolute atomic E-state index is 12.2. The Morgan fingerprint density at radius 1 is 1.12 bits per heavy atom. The number of aryl methyl sites for hydroxylation is 1. The summed E-state index contributed by atoms with van der Waals surface area (Å²) >= 11 is 0. The van der Waals surface area contributed by atoms with Crippen LogP contribution < -0.4 is 10.9 Å². The average Bonchev–Trinajstić information content (AvgIpc) is 2.58. The predicted octanol–water partition coefficient (Wildman–Crippen LogP) is 2.40. The van der Waals surface area contributed by atoms with Crippen LogP contribution in [0.15, 0.2) is 24.3 Å². The number of hydrogen-bond donors (Lipinski definition) is 2. The van der Waals surface area contributed by atoms with Crippen LogP contribution in [0.2, 0.25) is 0 Å². The largest absolute Gasteiger partial charge is 0.444 e. The fraction of sp³-hybridized carbons (Fsp3) is 0.526. The van der Waals surface area contributed by atoms with E-state index in [4.69, 9.17) is 4.74 Å². The van der Waals surface area contributed by atoms with Crippen molar-refractivity contribution in [2.24, 2.45) is 5.92 Å². The molecule has 1 aromatic carbocycles. The van der Waals surface area contributed by atoms with Crippen molar-refractivity contribution < 1.29 is 19.1 Å². The van der Waals surface area contributed by atoms with Crippen molar-refractivity contribution >= 4 is 17.9 Å². The molecule has 1 fully saturated rings. The highest BCUT2D eigenvalue weighted by atomic mass is 16.6. The van der Waals surface area contributed by atoms with E-state index in [-0.39, 0.29) is 23.8 Å². The van der Waals surface area contributed by atoms with E-state index >= 15 is 0 Å². The van der Waals surface area contributed by atoms with Gasteiger partial charge in [0.1, 0.15) is 5.60 Å². The Morgan fingerprint density at radius 2 is 1.77 bits per heavy atom. The highest BCUT2D eigenvalue weighted by Crippen LogP contribution is 2.19. The van der Waals surface area contributed by atoms with Crippen molar-refractivity contribution in [3.63, 3.8) is 0 Å². The molecule has 0 aromatic heterocycles. The minimum Gasteiger partial charge on any atom is -0.444 e. The van der Waals surface area contributed by atoms with E-state index in [9.17, 15) is 14.4 Å². The number of ether oxygens (including phenoxy) is 1. The van der Waals surface area contributed by atoms with Gasteiger partial charge in [-0.1, -0.05) is 17.7 Å². The van der Waals surface area contributed by atoms with Gasteiger partial charge in [0.25, 0.3) is 5.91 Å². The highest BCUT2D eigenvalue weighted by Gasteiger charge is 2.30. The van der Waals surface area contributed by atoms with Crippen molar-refractivity contribution in [3.05, 3.63) is 35.4 Å². The Kier molecular flexibility index (Phi) is 6.23. The molecule has 0 aliphatic carbocycles. The molecule has 0 atom stereocenters. The number of nitrogens with one attached hydrogen (secondary N) is 2. The lowest BCUT2D eigenvalue weighted by Gasteiger charge is -2.32. The minimum absolute atomic E-state index is 0.241. The molecule has 3 amide bonds. The number of benzene rings is 1. The molecule has 2 N–H and O–H groups in total. The van der Waals surface area contributed by atoms with Gasteiger partial charge in [0, 0.05) is 24.6 Å². The topological polar surface area (TPSA) is 87.7 Å². The molecule has 1 aromatic rings. The molecule has 1 aliphatic rings. The van der Waals surface area contributed by atoms with Crippen LogP contribution in [0.25, 0.3) is 0 Å². The van der Waals surface area contributed by atoms with Gasteiger partial charge in [-0.2, -0.15) is 0 Å². The smallest absolute Gasteiger partial charge is 0.410 e. The Bertz CT molecular complexity index is 674.